The number of rotatable bonds is 4. The summed E-state index contributed by atoms with van der Waals surface area (Å²) in [7, 11) is 0. The van der Waals surface area contributed by atoms with Crippen molar-refractivity contribution in [2.24, 2.45) is 0 Å². The zero-order chi connectivity index (χ0) is 26.3. The lowest BCUT2D eigenvalue weighted by Crippen LogP contribution is -2.52. The lowest BCUT2D eigenvalue weighted by Gasteiger charge is -2.40. The van der Waals surface area contributed by atoms with E-state index in [1.807, 2.05) is 11.4 Å². The maximum absolute atomic E-state index is 13.7. The first kappa shape index (κ1) is 25.9. The van der Waals surface area contributed by atoms with Crippen LogP contribution < -0.4 is 0 Å². The molecule has 2 aromatic carbocycles. The van der Waals surface area contributed by atoms with E-state index in [0.717, 1.165) is 40.3 Å². The topological polar surface area (TPSA) is 40.6 Å². The number of hydrogen-bond acceptors (Lipinski definition) is 3. The van der Waals surface area contributed by atoms with E-state index < -0.39 is 29.2 Å². The highest BCUT2D eigenvalue weighted by atomic mass is 32.1. The molecule has 2 amide bonds. The summed E-state index contributed by atoms with van der Waals surface area (Å²) in [5.41, 5.74) is 0.187. The maximum atomic E-state index is 13.7. The van der Waals surface area contributed by atoms with E-state index >= 15 is 0 Å². The fraction of sp³-hybridized carbons (Fsp3) is 0.333. The number of benzene rings is 2. The van der Waals surface area contributed by atoms with Gasteiger partial charge in [0.05, 0.1) is 11.6 Å². The predicted octanol–water partition coefficient (Wildman–Crippen LogP) is 6.32. The highest BCUT2D eigenvalue weighted by Crippen LogP contribution is 2.38. The van der Waals surface area contributed by atoms with E-state index in [0.29, 0.717) is 13.0 Å². The Bertz CT molecular complexity index is 1240. The van der Waals surface area contributed by atoms with E-state index in [1.165, 1.54) is 17.0 Å². The SMILES string of the molecule is CC(C)(C)N(CC(=O)N1CCc2sccc2C1c1ccc(F)cc1)C(=O)c1ccc(C(F)(F)F)cc1. The molecular weight excluding hydrogens is 492 g/mol. The number of hydrogen-bond donors (Lipinski definition) is 0. The predicted molar refractivity (Wildman–Crippen MR) is 130 cm³/mol. The van der Waals surface area contributed by atoms with Crippen LogP contribution in [0.25, 0.3) is 0 Å². The summed E-state index contributed by atoms with van der Waals surface area (Å²) in [6.45, 7) is 5.49. The van der Waals surface area contributed by atoms with Crippen molar-refractivity contribution in [1.82, 2.24) is 9.80 Å². The molecule has 0 aliphatic carbocycles. The molecule has 0 bridgehead atoms. The van der Waals surface area contributed by atoms with Crippen molar-refractivity contribution in [2.45, 2.75) is 44.9 Å². The van der Waals surface area contributed by atoms with Crippen molar-refractivity contribution in [3.63, 3.8) is 0 Å². The fourth-order valence-corrected chi connectivity index (χ4v) is 5.29. The van der Waals surface area contributed by atoms with Crippen molar-refractivity contribution >= 4 is 23.2 Å². The Kier molecular flexibility index (Phi) is 6.96. The molecule has 1 aliphatic heterocycles. The van der Waals surface area contributed by atoms with Crippen LogP contribution in [0.1, 0.15) is 58.7 Å². The van der Waals surface area contributed by atoms with Crippen LogP contribution in [-0.4, -0.2) is 40.2 Å². The average molecular weight is 519 g/mol. The number of alkyl halides is 3. The van der Waals surface area contributed by atoms with Crippen molar-refractivity contribution in [3.05, 3.63) is 92.9 Å². The highest BCUT2D eigenvalue weighted by molar-refractivity contribution is 7.10. The Morgan fingerprint density at radius 3 is 2.22 bits per heavy atom. The number of carbonyl (C=O) groups excluding carboxylic acids is 2. The first-order valence-corrected chi connectivity index (χ1v) is 12.3. The third-order valence-corrected chi connectivity index (χ3v) is 7.28. The fourth-order valence-electron chi connectivity index (χ4n) is 4.39. The maximum Gasteiger partial charge on any atom is 0.416 e. The Hall–Kier alpha value is -3.20. The number of nitrogens with zero attached hydrogens (tertiary/aromatic N) is 2. The van der Waals surface area contributed by atoms with E-state index in [-0.39, 0.29) is 23.8 Å². The molecule has 0 radical (unpaired) electrons. The third-order valence-electron chi connectivity index (χ3n) is 6.28. The summed E-state index contributed by atoms with van der Waals surface area (Å²) >= 11 is 1.61. The zero-order valence-corrected chi connectivity index (χ0v) is 20.9. The Morgan fingerprint density at radius 1 is 1.00 bits per heavy atom. The van der Waals surface area contributed by atoms with E-state index in [1.54, 1.807) is 49.1 Å². The van der Waals surface area contributed by atoms with E-state index in [2.05, 4.69) is 0 Å². The minimum absolute atomic E-state index is 0.0691. The average Bonchev–Trinajstić information content (AvgIpc) is 3.30. The van der Waals surface area contributed by atoms with Crippen LogP contribution in [0.3, 0.4) is 0 Å². The van der Waals surface area contributed by atoms with Gasteiger partial charge in [0.1, 0.15) is 12.4 Å². The first-order valence-electron chi connectivity index (χ1n) is 11.5. The first-order chi connectivity index (χ1) is 16.9. The molecule has 4 nitrogen and oxygen atoms in total. The van der Waals surface area contributed by atoms with Gasteiger partial charge in [-0.05, 0) is 86.2 Å². The molecule has 0 saturated carbocycles. The van der Waals surface area contributed by atoms with Crippen LogP contribution in [0.15, 0.2) is 60.0 Å². The monoisotopic (exact) mass is 518 g/mol. The second kappa shape index (κ2) is 9.69. The normalized spacial score (nSPS) is 16.0. The molecule has 1 aromatic heterocycles. The molecule has 0 spiro atoms. The molecule has 4 rings (SSSR count). The minimum Gasteiger partial charge on any atom is -0.330 e. The molecule has 9 heteroatoms. The summed E-state index contributed by atoms with van der Waals surface area (Å²) in [5.74, 6) is -1.20. The van der Waals surface area contributed by atoms with Crippen LogP contribution in [0.5, 0.6) is 0 Å². The highest BCUT2D eigenvalue weighted by Gasteiger charge is 2.37. The van der Waals surface area contributed by atoms with Gasteiger partial charge in [0, 0.05) is 22.5 Å². The number of thiophene rings is 1. The molecule has 3 aromatic rings. The van der Waals surface area contributed by atoms with Gasteiger partial charge in [-0.2, -0.15) is 13.2 Å². The van der Waals surface area contributed by atoms with Crippen LogP contribution in [-0.2, 0) is 17.4 Å². The Balaban J connectivity index is 1.62. The molecule has 1 atom stereocenters. The molecule has 0 fully saturated rings. The van der Waals surface area contributed by atoms with Gasteiger partial charge in [0.15, 0.2) is 0 Å². The summed E-state index contributed by atoms with van der Waals surface area (Å²) in [4.78, 5) is 31.3. The van der Waals surface area contributed by atoms with Gasteiger partial charge < -0.3 is 9.80 Å². The van der Waals surface area contributed by atoms with Crippen LogP contribution in [0.4, 0.5) is 17.6 Å². The minimum atomic E-state index is -4.51. The standard InChI is InChI=1S/C27H26F4N2O2S/c1-26(2,3)33(25(35)18-4-8-19(9-5-18)27(29,30)31)16-23(34)32-14-12-22-21(13-15-36-22)24(32)17-6-10-20(28)11-7-17/h4-11,13,15,24H,12,14,16H2,1-3H3. The second-order valence-electron chi connectivity index (χ2n) is 9.73. The van der Waals surface area contributed by atoms with Gasteiger partial charge in [-0.1, -0.05) is 12.1 Å². The van der Waals surface area contributed by atoms with E-state index in [4.69, 9.17) is 0 Å². The number of carbonyl (C=O) groups is 2. The summed E-state index contributed by atoms with van der Waals surface area (Å²) < 4.78 is 52.5. The Morgan fingerprint density at radius 2 is 1.64 bits per heavy atom. The van der Waals surface area contributed by atoms with Crippen molar-refractivity contribution in [3.8, 4) is 0 Å². The third kappa shape index (κ3) is 5.31. The lowest BCUT2D eigenvalue weighted by atomic mass is 9.93. The number of fused-ring (bicyclic) bond motifs is 1. The van der Waals surface area contributed by atoms with Gasteiger partial charge >= 0.3 is 6.18 Å². The molecule has 0 saturated heterocycles. The largest absolute Gasteiger partial charge is 0.416 e. The van der Waals surface area contributed by atoms with Crippen molar-refractivity contribution < 1.29 is 27.2 Å². The summed E-state index contributed by atoms with van der Waals surface area (Å²) in [5, 5.41) is 1.96. The summed E-state index contributed by atoms with van der Waals surface area (Å²) in [6, 6.07) is 11.6. The number of amides is 2. The van der Waals surface area contributed by atoms with Gasteiger partial charge in [-0.3, -0.25) is 9.59 Å². The molecule has 1 unspecified atom stereocenters. The molecular formula is C27H26F4N2O2S. The van der Waals surface area contributed by atoms with Crippen LogP contribution in [0.2, 0.25) is 0 Å². The smallest absolute Gasteiger partial charge is 0.330 e. The van der Waals surface area contributed by atoms with Gasteiger partial charge in [-0.15, -0.1) is 11.3 Å². The lowest BCUT2D eigenvalue weighted by molar-refractivity contribution is -0.137. The molecule has 0 N–H and O–H groups in total. The summed E-state index contributed by atoms with van der Waals surface area (Å²) in [6.07, 6.45) is -3.84. The van der Waals surface area contributed by atoms with Gasteiger partial charge in [0.2, 0.25) is 5.91 Å². The second-order valence-corrected chi connectivity index (χ2v) is 10.7. The van der Waals surface area contributed by atoms with Crippen LogP contribution >= 0.6 is 11.3 Å². The van der Waals surface area contributed by atoms with Crippen molar-refractivity contribution in [2.75, 3.05) is 13.1 Å². The zero-order valence-electron chi connectivity index (χ0n) is 20.1. The molecule has 36 heavy (non-hydrogen) atoms. The van der Waals surface area contributed by atoms with Gasteiger partial charge in [-0.25, -0.2) is 4.39 Å². The van der Waals surface area contributed by atoms with E-state index in [9.17, 15) is 27.2 Å². The molecule has 1 aliphatic rings. The molecule has 2 heterocycles. The Labute approximate surface area is 211 Å². The van der Waals surface area contributed by atoms with Crippen molar-refractivity contribution in [1.29, 1.82) is 0 Å². The van der Waals surface area contributed by atoms with Gasteiger partial charge in [0.25, 0.3) is 5.91 Å². The number of halogens is 4. The van der Waals surface area contributed by atoms with Crippen LogP contribution in [0, 0.1) is 5.82 Å². The molecule has 190 valence electrons. The quantitative estimate of drug-likeness (QED) is 0.379.